The number of aliphatic hydroxyl groups excluding tert-OH is 4. The molecule has 8 nitrogen and oxygen atoms in total. The first-order valence-electron chi connectivity index (χ1n) is 4.24. The minimum absolute atomic E-state index is 0.594. The van der Waals surface area contributed by atoms with Crippen molar-refractivity contribution >= 4 is 6.09 Å². The zero-order valence-electron chi connectivity index (χ0n) is 7.68. The van der Waals surface area contributed by atoms with E-state index in [0.29, 0.717) is 0 Å². The lowest BCUT2D eigenvalue weighted by Crippen LogP contribution is -2.59. The Bertz CT molecular complexity index is 233. The van der Waals surface area contributed by atoms with E-state index in [2.05, 4.69) is 4.74 Å². The van der Waals surface area contributed by atoms with Gasteiger partial charge in [-0.2, -0.15) is 0 Å². The molecular weight excluding hydrogens is 210 g/mol. The second kappa shape index (κ2) is 4.73. The number of carbonyl (C=O) groups is 1. The van der Waals surface area contributed by atoms with Gasteiger partial charge in [0, 0.05) is 0 Å². The molecule has 0 radical (unpaired) electrons. The van der Waals surface area contributed by atoms with Crippen LogP contribution >= 0.6 is 0 Å². The summed E-state index contributed by atoms with van der Waals surface area (Å²) in [6.45, 7) is -0.594. The van der Waals surface area contributed by atoms with Crippen LogP contribution < -0.4 is 5.73 Å². The molecule has 15 heavy (non-hydrogen) atoms. The highest BCUT2D eigenvalue weighted by molar-refractivity contribution is 5.64. The number of aliphatic hydroxyl groups is 4. The minimum Gasteiger partial charge on any atom is -0.417 e. The SMILES string of the molecule is NC(=O)O[C@H]1O[C@H](CO)[C@@H](O)[C@H](O)[C@H]1O. The third-order valence-electron chi connectivity index (χ3n) is 2.08. The lowest BCUT2D eigenvalue weighted by molar-refractivity contribution is -0.284. The number of hydrogen-bond acceptors (Lipinski definition) is 7. The van der Waals surface area contributed by atoms with Gasteiger partial charge in [0.2, 0.25) is 6.29 Å². The van der Waals surface area contributed by atoms with Crippen LogP contribution in [0.3, 0.4) is 0 Å². The summed E-state index contributed by atoms with van der Waals surface area (Å²) in [6, 6.07) is 0. The van der Waals surface area contributed by atoms with Crippen molar-refractivity contribution in [2.75, 3.05) is 6.61 Å². The largest absolute Gasteiger partial charge is 0.417 e. The van der Waals surface area contributed by atoms with Gasteiger partial charge in [-0.25, -0.2) is 4.79 Å². The van der Waals surface area contributed by atoms with E-state index in [4.69, 9.17) is 15.6 Å². The Labute approximate surface area is 84.8 Å². The maximum atomic E-state index is 10.4. The number of primary amides is 1. The van der Waals surface area contributed by atoms with E-state index in [1.54, 1.807) is 0 Å². The molecule has 0 aliphatic carbocycles. The van der Waals surface area contributed by atoms with Gasteiger partial charge in [-0.15, -0.1) is 0 Å². The summed E-state index contributed by atoms with van der Waals surface area (Å²) in [5.74, 6) is 0. The van der Waals surface area contributed by atoms with E-state index in [1.165, 1.54) is 0 Å². The van der Waals surface area contributed by atoms with Crippen molar-refractivity contribution in [2.24, 2.45) is 5.73 Å². The van der Waals surface area contributed by atoms with Crippen LogP contribution in [0.1, 0.15) is 0 Å². The molecule has 1 fully saturated rings. The lowest BCUT2D eigenvalue weighted by Gasteiger charge is -2.38. The normalized spacial score (nSPS) is 41.2. The Balaban J connectivity index is 2.69. The Morgan fingerprint density at radius 2 is 1.87 bits per heavy atom. The molecule has 6 N–H and O–H groups in total. The van der Waals surface area contributed by atoms with Crippen molar-refractivity contribution in [1.82, 2.24) is 0 Å². The van der Waals surface area contributed by atoms with Crippen LogP contribution in [0.15, 0.2) is 0 Å². The Morgan fingerprint density at radius 3 is 2.33 bits per heavy atom. The molecule has 1 amide bonds. The van der Waals surface area contributed by atoms with Crippen LogP contribution in [0.4, 0.5) is 4.79 Å². The van der Waals surface area contributed by atoms with Gasteiger partial charge < -0.3 is 35.6 Å². The van der Waals surface area contributed by atoms with E-state index in [-0.39, 0.29) is 0 Å². The smallest absolute Gasteiger partial charge is 0.406 e. The van der Waals surface area contributed by atoms with E-state index < -0.39 is 43.4 Å². The van der Waals surface area contributed by atoms with Crippen LogP contribution in [-0.4, -0.2) is 63.8 Å². The molecule has 1 heterocycles. The first kappa shape index (κ1) is 12.1. The fourth-order valence-electron chi connectivity index (χ4n) is 1.28. The molecule has 88 valence electrons. The predicted molar refractivity (Wildman–Crippen MR) is 44.4 cm³/mol. The monoisotopic (exact) mass is 223 g/mol. The highest BCUT2D eigenvalue weighted by Gasteiger charge is 2.45. The highest BCUT2D eigenvalue weighted by atomic mass is 16.7. The van der Waals surface area contributed by atoms with Crippen LogP contribution in [0.25, 0.3) is 0 Å². The van der Waals surface area contributed by atoms with Gasteiger partial charge in [-0.1, -0.05) is 0 Å². The van der Waals surface area contributed by atoms with Crippen molar-refractivity contribution in [3.8, 4) is 0 Å². The molecule has 0 unspecified atom stereocenters. The molecule has 1 aliphatic heterocycles. The van der Waals surface area contributed by atoms with Crippen LogP contribution in [0.2, 0.25) is 0 Å². The molecule has 0 saturated carbocycles. The Morgan fingerprint density at radius 1 is 1.27 bits per heavy atom. The summed E-state index contributed by atoms with van der Waals surface area (Å²) >= 11 is 0. The number of carbonyl (C=O) groups excluding carboxylic acids is 1. The third-order valence-corrected chi connectivity index (χ3v) is 2.08. The summed E-state index contributed by atoms with van der Waals surface area (Å²) in [5.41, 5.74) is 4.69. The zero-order valence-corrected chi connectivity index (χ0v) is 7.68. The molecule has 1 aliphatic rings. The number of hydrogen-bond donors (Lipinski definition) is 5. The number of nitrogens with two attached hydrogens (primary N) is 1. The molecule has 1 rings (SSSR count). The van der Waals surface area contributed by atoms with Crippen LogP contribution in [-0.2, 0) is 9.47 Å². The van der Waals surface area contributed by atoms with Crippen molar-refractivity contribution in [2.45, 2.75) is 30.7 Å². The molecule has 0 bridgehead atoms. The van der Waals surface area contributed by atoms with Crippen molar-refractivity contribution in [3.63, 3.8) is 0 Å². The molecule has 0 aromatic heterocycles. The molecule has 0 aromatic rings. The van der Waals surface area contributed by atoms with Crippen molar-refractivity contribution in [3.05, 3.63) is 0 Å². The third kappa shape index (κ3) is 2.55. The van der Waals surface area contributed by atoms with Crippen molar-refractivity contribution < 1.29 is 34.7 Å². The first-order chi connectivity index (χ1) is 6.97. The molecule has 5 atom stereocenters. The van der Waals surface area contributed by atoms with E-state index in [0.717, 1.165) is 0 Å². The fraction of sp³-hybridized carbons (Fsp3) is 0.857. The van der Waals surface area contributed by atoms with Gasteiger partial charge >= 0.3 is 6.09 Å². The summed E-state index contributed by atoms with van der Waals surface area (Å²) in [5, 5.41) is 36.7. The number of rotatable bonds is 2. The Hall–Kier alpha value is -0.930. The molecule has 1 saturated heterocycles. The quantitative estimate of drug-likeness (QED) is 0.333. The van der Waals surface area contributed by atoms with Gasteiger partial charge in [0.05, 0.1) is 6.61 Å². The standard InChI is InChI=1S/C7H13NO7/c8-7(13)15-6-5(12)4(11)3(10)2(1-9)14-6/h2-6,9-12H,1H2,(H2,8,13)/t2-,3-,4+,5-,6-/m1/s1. The number of amides is 1. The average Bonchev–Trinajstić information content (AvgIpc) is 2.18. The van der Waals surface area contributed by atoms with Gasteiger partial charge in [0.15, 0.2) is 0 Å². The molecule has 0 spiro atoms. The summed E-state index contributed by atoms with van der Waals surface area (Å²) in [6.07, 6.45) is -8.50. The van der Waals surface area contributed by atoms with Crippen molar-refractivity contribution in [1.29, 1.82) is 0 Å². The highest BCUT2D eigenvalue weighted by Crippen LogP contribution is 2.21. The van der Waals surface area contributed by atoms with Gasteiger partial charge in [0.25, 0.3) is 0 Å². The second-order valence-electron chi connectivity index (χ2n) is 3.13. The second-order valence-corrected chi connectivity index (χ2v) is 3.13. The maximum absolute atomic E-state index is 10.4. The van der Waals surface area contributed by atoms with E-state index >= 15 is 0 Å². The number of ether oxygens (including phenoxy) is 2. The van der Waals surface area contributed by atoms with E-state index in [1.807, 2.05) is 0 Å². The van der Waals surface area contributed by atoms with Crippen LogP contribution in [0, 0.1) is 0 Å². The summed E-state index contributed by atoms with van der Waals surface area (Å²) in [4.78, 5) is 10.4. The fourth-order valence-corrected chi connectivity index (χ4v) is 1.28. The van der Waals surface area contributed by atoms with Crippen LogP contribution in [0.5, 0.6) is 0 Å². The Kier molecular flexibility index (Phi) is 3.83. The average molecular weight is 223 g/mol. The topological polar surface area (TPSA) is 142 Å². The molecule has 0 aromatic carbocycles. The van der Waals surface area contributed by atoms with Gasteiger partial charge in [-0.3, -0.25) is 0 Å². The first-order valence-corrected chi connectivity index (χ1v) is 4.24. The van der Waals surface area contributed by atoms with Gasteiger partial charge in [0.1, 0.15) is 24.4 Å². The maximum Gasteiger partial charge on any atom is 0.406 e. The predicted octanol–water partition coefficient (Wildman–Crippen LogP) is -3.12. The molecular formula is C7H13NO7. The van der Waals surface area contributed by atoms with Gasteiger partial charge in [-0.05, 0) is 0 Å². The summed E-state index contributed by atoms with van der Waals surface area (Å²) in [7, 11) is 0. The minimum atomic E-state index is -1.62. The van der Waals surface area contributed by atoms with E-state index in [9.17, 15) is 20.1 Å². The zero-order chi connectivity index (χ0) is 11.6. The summed E-state index contributed by atoms with van der Waals surface area (Å²) < 4.78 is 9.15. The lowest BCUT2D eigenvalue weighted by atomic mass is 9.99. The molecule has 8 heteroatoms.